The molecule has 1 saturated heterocycles. The normalized spacial score (nSPS) is 28.2. The van der Waals surface area contributed by atoms with Crippen LogP contribution in [-0.4, -0.2) is 22.8 Å². The van der Waals surface area contributed by atoms with Crippen molar-refractivity contribution >= 4 is 17.8 Å². The Morgan fingerprint density at radius 2 is 1.76 bits per heavy atom. The van der Waals surface area contributed by atoms with E-state index in [0.717, 1.165) is 12.8 Å². The summed E-state index contributed by atoms with van der Waals surface area (Å²) in [6.45, 7) is 1.60. The molecule has 94 valence electrons. The predicted molar refractivity (Wildman–Crippen MR) is 54.8 cm³/mol. The van der Waals surface area contributed by atoms with Crippen LogP contribution in [0.25, 0.3) is 0 Å². The molecule has 17 heavy (non-hydrogen) atoms. The number of nitrogens with zero attached hydrogens (tertiary/aromatic N) is 1. The molecule has 0 unspecified atom stereocenters. The van der Waals surface area contributed by atoms with Crippen LogP contribution in [-0.2, 0) is 24.3 Å². The first-order valence-electron chi connectivity index (χ1n) is 5.90. The SMILES string of the molecule is CCC(=O)OON1C(=O)[C@H]2CCCC[C@H]2C1=O. The minimum Gasteiger partial charge on any atom is -0.274 e. The summed E-state index contributed by atoms with van der Waals surface area (Å²) >= 11 is 0. The summed E-state index contributed by atoms with van der Waals surface area (Å²) in [6, 6.07) is 0. The van der Waals surface area contributed by atoms with Gasteiger partial charge in [-0.05, 0) is 17.8 Å². The molecular formula is C11H15NO5. The number of rotatable bonds is 3. The summed E-state index contributed by atoms with van der Waals surface area (Å²) in [5, 5.41) is 0.605. The quantitative estimate of drug-likeness (QED) is 0.418. The summed E-state index contributed by atoms with van der Waals surface area (Å²) in [6.07, 6.45) is 3.43. The smallest absolute Gasteiger partial charge is 0.274 e. The molecule has 0 aromatic heterocycles. The molecule has 2 aliphatic rings. The highest BCUT2D eigenvalue weighted by molar-refractivity contribution is 6.04. The Labute approximate surface area is 98.7 Å². The second-order valence-corrected chi connectivity index (χ2v) is 4.35. The van der Waals surface area contributed by atoms with Crippen LogP contribution in [0, 0.1) is 11.8 Å². The molecule has 0 spiro atoms. The molecule has 6 heteroatoms. The first kappa shape index (κ1) is 12.0. The third-order valence-electron chi connectivity index (χ3n) is 3.29. The van der Waals surface area contributed by atoms with E-state index in [4.69, 9.17) is 0 Å². The van der Waals surface area contributed by atoms with Crippen LogP contribution >= 0.6 is 0 Å². The minimum absolute atomic E-state index is 0.128. The predicted octanol–water partition coefficient (Wildman–Crippen LogP) is 0.961. The van der Waals surface area contributed by atoms with Gasteiger partial charge in [-0.1, -0.05) is 19.8 Å². The van der Waals surface area contributed by atoms with Gasteiger partial charge in [0.05, 0.1) is 11.8 Å². The molecule has 6 nitrogen and oxygen atoms in total. The van der Waals surface area contributed by atoms with Crippen LogP contribution < -0.4 is 0 Å². The molecule has 0 aromatic rings. The molecule has 2 atom stereocenters. The Kier molecular flexibility index (Phi) is 3.42. The molecular weight excluding hydrogens is 226 g/mol. The number of amides is 2. The Morgan fingerprint density at radius 3 is 2.24 bits per heavy atom. The Balaban J connectivity index is 2.00. The van der Waals surface area contributed by atoms with Gasteiger partial charge in [0.1, 0.15) is 0 Å². The van der Waals surface area contributed by atoms with Crippen LogP contribution in [0.3, 0.4) is 0 Å². The monoisotopic (exact) mass is 241 g/mol. The fourth-order valence-corrected chi connectivity index (χ4v) is 2.34. The number of hydrogen-bond donors (Lipinski definition) is 0. The third-order valence-corrected chi connectivity index (χ3v) is 3.29. The highest BCUT2D eigenvalue weighted by Crippen LogP contribution is 2.38. The average molecular weight is 241 g/mol. The van der Waals surface area contributed by atoms with E-state index in [9.17, 15) is 14.4 Å². The van der Waals surface area contributed by atoms with Gasteiger partial charge in [0, 0.05) is 6.42 Å². The van der Waals surface area contributed by atoms with Crippen molar-refractivity contribution in [1.82, 2.24) is 5.06 Å². The van der Waals surface area contributed by atoms with Gasteiger partial charge < -0.3 is 0 Å². The minimum atomic E-state index is -0.611. The van der Waals surface area contributed by atoms with Gasteiger partial charge in [0.25, 0.3) is 11.8 Å². The van der Waals surface area contributed by atoms with Crippen molar-refractivity contribution in [2.24, 2.45) is 11.8 Å². The summed E-state index contributed by atoms with van der Waals surface area (Å²) < 4.78 is 0. The van der Waals surface area contributed by atoms with E-state index in [-0.39, 0.29) is 30.1 Å². The Bertz CT molecular complexity index is 330. The number of fused-ring (bicyclic) bond motifs is 1. The molecule has 1 heterocycles. The second-order valence-electron chi connectivity index (χ2n) is 4.35. The lowest BCUT2D eigenvalue weighted by atomic mass is 9.81. The van der Waals surface area contributed by atoms with Crippen LogP contribution in [0.2, 0.25) is 0 Å². The van der Waals surface area contributed by atoms with Gasteiger partial charge in [-0.3, -0.25) is 14.5 Å². The molecule has 1 aliphatic carbocycles. The third kappa shape index (κ3) is 2.17. The molecule has 1 saturated carbocycles. The first-order chi connectivity index (χ1) is 8.15. The van der Waals surface area contributed by atoms with Crippen molar-refractivity contribution in [2.45, 2.75) is 39.0 Å². The van der Waals surface area contributed by atoms with Crippen LogP contribution in [0.15, 0.2) is 0 Å². The highest BCUT2D eigenvalue weighted by Gasteiger charge is 2.50. The summed E-state index contributed by atoms with van der Waals surface area (Å²) in [7, 11) is 0. The van der Waals surface area contributed by atoms with E-state index in [1.54, 1.807) is 6.92 Å². The van der Waals surface area contributed by atoms with Gasteiger partial charge in [0.15, 0.2) is 0 Å². The van der Waals surface area contributed by atoms with Crippen molar-refractivity contribution in [3.8, 4) is 0 Å². The zero-order chi connectivity index (χ0) is 12.4. The van der Waals surface area contributed by atoms with Gasteiger partial charge in [-0.25, -0.2) is 4.79 Å². The maximum Gasteiger partial charge on any atom is 0.344 e. The van der Waals surface area contributed by atoms with E-state index >= 15 is 0 Å². The van der Waals surface area contributed by atoms with Crippen LogP contribution in [0.1, 0.15) is 39.0 Å². The largest absolute Gasteiger partial charge is 0.344 e. The van der Waals surface area contributed by atoms with Gasteiger partial charge in [-0.2, -0.15) is 0 Å². The summed E-state index contributed by atoms with van der Waals surface area (Å²) in [5.74, 6) is -1.97. The lowest BCUT2D eigenvalue weighted by Gasteiger charge is -2.19. The number of imide groups is 1. The Morgan fingerprint density at radius 1 is 1.24 bits per heavy atom. The topological polar surface area (TPSA) is 72.9 Å². The number of hydroxylamine groups is 2. The second kappa shape index (κ2) is 4.83. The van der Waals surface area contributed by atoms with Crippen molar-refractivity contribution in [1.29, 1.82) is 0 Å². The van der Waals surface area contributed by atoms with E-state index < -0.39 is 5.97 Å². The van der Waals surface area contributed by atoms with Gasteiger partial charge in [-0.15, -0.1) is 5.06 Å². The lowest BCUT2D eigenvalue weighted by Crippen LogP contribution is -2.32. The summed E-state index contributed by atoms with van der Waals surface area (Å²) in [5.41, 5.74) is 0. The molecule has 1 aliphatic heterocycles. The van der Waals surface area contributed by atoms with Gasteiger partial charge >= 0.3 is 5.97 Å². The molecule has 0 radical (unpaired) electrons. The van der Waals surface area contributed by atoms with E-state index in [0.29, 0.717) is 17.9 Å². The number of carbonyl (C=O) groups is 3. The first-order valence-corrected chi connectivity index (χ1v) is 5.90. The fraction of sp³-hybridized carbons (Fsp3) is 0.727. The maximum absolute atomic E-state index is 11.8. The molecule has 0 N–H and O–H groups in total. The van der Waals surface area contributed by atoms with Crippen molar-refractivity contribution < 1.29 is 24.3 Å². The van der Waals surface area contributed by atoms with Crippen molar-refractivity contribution in [3.63, 3.8) is 0 Å². The van der Waals surface area contributed by atoms with E-state index in [2.05, 4.69) is 9.88 Å². The van der Waals surface area contributed by atoms with Crippen LogP contribution in [0.4, 0.5) is 0 Å². The summed E-state index contributed by atoms with van der Waals surface area (Å²) in [4.78, 5) is 43.5. The maximum atomic E-state index is 11.8. The Hall–Kier alpha value is -1.43. The molecule has 2 rings (SSSR count). The van der Waals surface area contributed by atoms with Gasteiger partial charge in [0.2, 0.25) is 0 Å². The molecule has 0 bridgehead atoms. The number of carbonyl (C=O) groups excluding carboxylic acids is 3. The standard InChI is InChI=1S/C11H15NO5/c1-2-9(13)16-17-12-10(14)7-5-3-4-6-8(7)11(12)15/h7-8H,2-6H2,1H3/t7-,8+. The van der Waals surface area contributed by atoms with Crippen molar-refractivity contribution in [3.05, 3.63) is 0 Å². The zero-order valence-electron chi connectivity index (χ0n) is 9.68. The van der Waals surface area contributed by atoms with Crippen LogP contribution in [0.5, 0.6) is 0 Å². The highest BCUT2D eigenvalue weighted by atomic mass is 17.3. The molecule has 2 amide bonds. The molecule has 0 aromatic carbocycles. The average Bonchev–Trinajstić information content (AvgIpc) is 2.60. The fourth-order valence-electron chi connectivity index (χ4n) is 2.34. The molecule has 2 fully saturated rings. The zero-order valence-corrected chi connectivity index (χ0v) is 9.68. The van der Waals surface area contributed by atoms with Crippen molar-refractivity contribution in [2.75, 3.05) is 0 Å². The lowest BCUT2D eigenvalue weighted by molar-refractivity contribution is -0.365. The van der Waals surface area contributed by atoms with E-state index in [1.165, 1.54) is 0 Å². The number of hydrogen-bond acceptors (Lipinski definition) is 5. The van der Waals surface area contributed by atoms with E-state index in [1.807, 2.05) is 0 Å².